The topological polar surface area (TPSA) is 51.7 Å². The van der Waals surface area contributed by atoms with Gasteiger partial charge in [0.1, 0.15) is 11.9 Å². The van der Waals surface area contributed by atoms with Gasteiger partial charge < -0.3 is 9.47 Å². The minimum Gasteiger partial charge on any atom is -0.497 e. The maximum Gasteiger partial charge on any atom is 0.338 e. The highest BCUT2D eigenvalue weighted by Gasteiger charge is 2.44. The number of hydrogen-bond donors (Lipinski definition) is 0. The van der Waals surface area contributed by atoms with Crippen LogP contribution in [0, 0.1) is 11.8 Å². The third-order valence-electron chi connectivity index (χ3n) is 8.01. The maximum atomic E-state index is 13.5. The van der Waals surface area contributed by atoms with Crippen LogP contribution in [0.15, 0.2) is 67.4 Å². The monoisotopic (exact) mass is 484 g/mol. The number of esters is 1. The van der Waals surface area contributed by atoms with E-state index in [0.29, 0.717) is 17.4 Å². The zero-order valence-corrected chi connectivity index (χ0v) is 21.7. The summed E-state index contributed by atoms with van der Waals surface area (Å²) in [5.74, 6) is 1.52. The summed E-state index contributed by atoms with van der Waals surface area (Å²) < 4.78 is 11.9. The third kappa shape index (κ3) is 4.64. The van der Waals surface area contributed by atoms with E-state index in [0.717, 1.165) is 48.1 Å². The minimum absolute atomic E-state index is 0.0241. The largest absolute Gasteiger partial charge is 0.497 e. The first-order chi connectivity index (χ1) is 17.3. The average Bonchev–Trinajstić information content (AvgIpc) is 2.90. The van der Waals surface area contributed by atoms with Gasteiger partial charge in [-0.3, -0.25) is 9.88 Å². The smallest absolute Gasteiger partial charge is 0.338 e. The molecule has 5 nitrogen and oxygen atoms in total. The average molecular weight is 485 g/mol. The van der Waals surface area contributed by atoms with Crippen molar-refractivity contribution in [1.82, 2.24) is 9.88 Å². The number of rotatable bonds is 6. The van der Waals surface area contributed by atoms with Crippen LogP contribution in [0.4, 0.5) is 0 Å². The summed E-state index contributed by atoms with van der Waals surface area (Å²) in [6.07, 6.45) is 5.63. The quantitative estimate of drug-likeness (QED) is 0.302. The van der Waals surface area contributed by atoms with Gasteiger partial charge in [0, 0.05) is 23.7 Å². The summed E-state index contributed by atoms with van der Waals surface area (Å²) >= 11 is 0. The molecule has 3 aliphatic heterocycles. The second-order valence-electron chi connectivity index (χ2n) is 11.2. The van der Waals surface area contributed by atoms with Crippen LogP contribution in [-0.2, 0) is 10.2 Å². The van der Waals surface area contributed by atoms with E-state index in [1.54, 1.807) is 7.11 Å². The van der Waals surface area contributed by atoms with Crippen molar-refractivity contribution in [1.29, 1.82) is 0 Å². The number of aromatic nitrogens is 1. The summed E-state index contributed by atoms with van der Waals surface area (Å²) in [6, 6.07) is 15.8. The van der Waals surface area contributed by atoms with Gasteiger partial charge in [0.2, 0.25) is 0 Å². The van der Waals surface area contributed by atoms with Crippen LogP contribution in [0.5, 0.6) is 5.75 Å². The minimum atomic E-state index is -0.411. The van der Waals surface area contributed by atoms with Gasteiger partial charge in [-0.2, -0.15) is 0 Å². The Morgan fingerprint density at radius 2 is 1.94 bits per heavy atom. The highest BCUT2D eigenvalue weighted by molar-refractivity contribution is 5.90. The molecule has 5 unspecified atom stereocenters. The first-order valence-corrected chi connectivity index (χ1v) is 12.9. The highest BCUT2D eigenvalue weighted by Crippen LogP contribution is 2.44. The molecule has 5 atom stereocenters. The Kier molecular flexibility index (Phi) is 6.60. The van der Waals surface area contributed by atoms with Crippen molar-refractivity contribution in [3.63, 3.8) is 0 Å². The van der Waals surface area contributed by atoms with Gasteiger partial charge in [-0.05, 0) is 78.6 Å². The summed E-state index contributed by atoms with van der Waals surface area (Å²) in [7, 11) is 1.66. The zero-order valence-electron chi connectivity index (χ0n) is 21.7. The van der Waals surface area contributed by atoms with Crippen LogP contribution >= 0.6 is 0 Å². The van der Waals surface area contributed by atoms with E-state index in [4.69, 9.17) is 9.47 Å². The lowest BCUT2D eigenvalue weighted by Crippen LogP contribution is -2.55. The zero-order chi connectivity index (χ0) is 25.4. The molecule has 188 valence electrons. The molecular weight excluding hydrogens is 448 g/mol. The first kappa shape index (κ1) is 24.5. The van der Waals surface area contributed by atoms with Crippen molar-refractivity contribution in [3.8, 4) is 5.75 Å². The maximum absolute atomic E-state index is 13.5. The number of pyridine rings is 1. The molecular formula is C31H36N2O3. The Morgan fingerprint density at radius 1 is 1.17 bits per heavy atom. The fourth-order valence-electron chi connectivity index (χ4n) is 5.85. The summed E-state index contributed by atoms with van der Waals surface area (Å²) in [4.78, 5) is 20.6. The van der Waals surface area contributed by atoms with Crippen molar-refractivity contribution in [2.24, 2.45) is 11.8 Å². The predicted molar refractivity (Wildman–Crippen MR) is 143 cm³/mol. The molecule has 36 heavy (non-hydrogen) atoms. The molecule has 0 radical (unpaired) electrons. The van der Waals surface area contributed by atoms with E-state index in [-0.39, 0.29) is 17.4 Å². The van der Waals surface area contributed by atoms with Crippen molar-refractivity contribution in [2.45, 2.75) is 51.2 Å². The predicted octanol–water partition coefficient (Wildman–Crippen LogP) is 6.34. The van der Waals surface area contributed by atoms with E-state index in [2.05, 4.69) is 43.3 Å². The van der Waals surface area contributed by atoms with E-state index < -0.39 is 6.10 Å². The Morgan fingerprint density at radius 3 is 2.58 bits per heavy atom. The number of carbonyl (C=O) groups is 1. The third-order valence-corrected chi connectivity index (χ3v) is 8.01. The Balaban J connectivity index is 1.53. The molecule has 1 aromatic heterocycles. The first-order valence-electron chi connectivity index (χ1n) is 12.9. The molecule has 4 heterocycles. The van der Waals surface area contributed by atoms with Gasteiger partial charge in [-0.15, -0.1) is 6.58 Å². The molecule has 3 aliphatic rings. The fraction of sp³-hybridized carbons (Fsp3) is 0.419. The molecule has 0 amide bonds. The van der Waals surface area contributed by atoms with E-state index in [9.17, 15) is 4.79 Å². The molecule has 0 aliphatic carbocycles. The Labute approximate surface area is 214 Å². The van der Waals surface area contributed by atoms with Crippen molar-refractivity contribution >= 4 is 16.9 Å². The number of ether oxygens (including phenoxy) is 2. The number of fused-ring (bicyclic) bond motifs is 4. The van der Waals surface area contributed by atoms with Gasteiger partial charge in [0.15, 0.2) is 0 Å². The number of carbonyl (C=O) groups excluding carboxylic acids is 1. The lowest BCUT2D eigenvalue weighted by atomic mass is 9.73. The molecule has 5 heteroatoms. The van der Waals surface area contributed by atoms with Crippen LogP contribution < -0.4 is 4.74 Å². The molecule has 2 aromatic carbocycles. The number of benzene rings is 2. The highest BCUT2D eigenvalue weighted by atomic mass is 16.5. The molecule has 3 aromatic rings. The number of piperidine rings is 3. The van der Waals surface area contributed by atoms with Gasteiger partial charge in [-0.25, -0.2) is 4.79 Å². The lowest BCUT2D eigenvalue weighted by Gasteiger charge is -2.51. The van der Waals surface area contributed by atoms with Crippen molar-refractivity contribution in [2.75, 3.05) is 20.2 Å². The molecule has 6 rings (SSSR count). The molecule has 3 fully saturated rings. The molecule has 2 bridgehead atoms. The van der Waals surface area contributed by atoms with Crippen LogP contribution in [0.2, 0.25) is 0 Å². The summed E-state index contributed by atoms with van der Waals surface area (Å²) in [6.45, 7) is 12.5. The summed E-state index contributed by atoms with van der Waals surface area (Å²) in [5.41, 5.74) is 3.63. The molecule has 3 saturated heterocycles. The van der Waals surface area contributed by atoms with Crippen LogP contribution in [0.1, 0.15) is 61.2 Å². The van der Waals surface area contributed by atoms with Gasteiger partial charge in [-0.1, -0.05) is 39.0 Å². The summed E-state index contributed by atoms with van der Waals surface area (Å²) in [5, 5.41) is 0.959. The van der Waals surface area contributed by atoms with Crippen LogP contribution in [-0.4, -0.2) is 42.1 Å². The normalized spacial score (nSPS) is 24.3. The van der Waals surface area contributed by atoms with Gasteiger partial charge in [0.05, 0.1) is 24.2 Å². The van der Waals surface area contributed by atoms with E-state index in [1.165, 1.54) is 5.56 Å². The van der Waals surface area contributed by atoms with Crippen molar-refractivity contribution in [3.05, 3.63) is 84.1 Å². The van der Waals surface area contributed by atoms with Gasteiger partial charge in [0.25, 0.3) is 0 Å². The standard InChI is InChI=1S/C31H36N2O3/c1-6-20-19-33-16-14-22(20)17-28(33)29(25-13-15-32-27-12-11-24(35-5)18-26(25)27)36-30(34)21-7-9-23(10-8-21)31(2,3)4/h6-13,15,18,20,22,28-29H,1,14,16-17,19H2,2-5H3. The molecule has 0 saturated carbocycles. The second kappa shape index (κ2) is 9.70. The fourth-order valence-corrected chi connectivity index (χ4v) is 5.85. The number of methoxy groups -OCH3 is 1. The van der Waals surface area contributed by atoms with Gasteiger partial charge >= 0.3 is 5.97 Å². The number of hydrogen-bond acceptors (Lipinski definition) is 5. The molecule has 0 N–H and O–H groups in total. The Hall–Kier alpha value is -3.18. The molecule has 0 spiro atoms. The Bertz CT molecular complexity index is 1260. The second-order valence-corrected chi connectivity index (χ2v) is 11.2. The van der Waals surface area contributed by atoms with Crippen LogP contribution in [0.3, 0.4) is 0 Å². The SMILES string of the molecule is C=CC1CN2CCC1CC2C(OC(=O)c1ccc(C(C)(C)C)cc1)c1ccnc2ccc(OC)cc12. The van der Waals surface area contributed by atoms with E-state index >= 15 is 0 Å². The number of nitrogens with zero attached hydrogens (tertiary/aromatic N) is 2. The van der Waals surface area contributed by atoms with E-state index in [1.807, 2.05) is 54.7 Å². The lowest BCUT2D eigenvalue weighted by molar-refractivity contribution is -0.0568. The van der Waals surface area contributed by atoms with Crippen molar-refractivity contribution < 1.29 is 14.3 Å². The van der Waals surface area contributed by atoms with Crippen LogP contribution in [0.25, 0.3) is 10.9 Å².